The van der Waals surface area contributed by atoms with Crippen LogP contribution < -0.4 is 15.4 Å². The highest BCUT2D eigenvalue weighted by atomic mass is 16.5. The third-order valence-corrected chi connectivity index (χ3v) is 2.89. The first-order valence-corrected chi connectivity index (χ1v) is 6.30. The molecule has 0 saturated carbocycles. The smallest absolute Gasteiger partial charge is 0.204 e. The second-order valence-corrected chi connectivity index (χ2v) is 4.16. The molecular weight excluding hydrogens is 256 g/mol. The van der Waals surface area contributed by atoms with Gasteiger partial charge in [-0.15, -0.1) is 0 Å². The van der Waals surface area contributed by atoms with Crippen molar-refractivity contribution < 1.29 is 9.84 Å². The van der Waals surface area contributed by atoms with E-state index in [1.807, 2.05) is 30.3 Å². The summed E-state index contributed by atoms with van der Waals surface area (Å²) in [6, 6.07) is 9.45. The quantitative estimate of drug-likeness (QED) is 0.743. The topological polar surface area (TPSA) is 79.3 Å². The number of anilines is 2. The molecule has 1 heterocycles. The van der Waals surface area contributed by atoms with Crippen LogP contribution in [0.4, 0.5) is 11.6 Å². The number of aliphatic hydroxyl groups is 1. The van der Waals surface area contributed by atoms with Crippen LogP contribution in [0.5, 0.6) is 5.75 Å². The molecule has 2 aromatic rings. The third kappa shape index (κ3) is 3.16. The second-order valence-electron chi connectivity index (χ2n) is 4.16. The molecular formula is C14H18N4O2. The maximum atomic E-state index is 10.1. The van der Waals surface area contributed by atoms with Crippen LogP contribution in [0.1, 0.15) is 11.7 Å². The summed E-state index contributed by atoms with van der Waals surface area (Å²) < 4.78 is 5.27. The highest BCUT2D eigenvalue weighted by Gasteiger charge is 2.13. The summed E-state index contributed by atoms with van der Waals surface area (Å²) in [7, 11) is 3.31. The van der Waals surface area contributed by atoms with E-state index in [-0.39, 0.29) is 0 Å². The van der Waals surface area contributed by atoms with E-state index in [0.29, 0.717) is 23.9 Å². The van der Waals surface area contributed by atoms with Crippen molar-refractivity contribution in [3.05, 3.63) is 42.2 Å². The molecule has 1 aromatic heterocycles. The molecule has 0 amide bonds. The summed E-state index contributed by atoms with van der Waals surface area (Å²) >= 11 is 0. The van der Waals surface area contributed by atoms with Gasteiger partial charge in [0.1, 0.15) is 6.33 Å². The Bertz CT molecular complexity index is 548. The van der Waals surface area contributed by atoms with E-state index in [9.17, 15) is 5.11 Å². The SMILES string of the molecule is CNc1ncnc(NCC(O)c2ccccc2)c1OC. The standard InChI is InChI=1S/C14H18N4O2/c1-15-13-12(20-2)14(18-9-17-13)16-8-11(19)10-6-4-3-5-7-10/h3-7,9,11,19H,8H2,1-2H3,(H2,15,16,17,18). The number of nitrogens with zero attached hydrogens (tertiary/aromatic N) is 2. The van der Waals surface area contributed by atoms with Gasteiger partial charge in [0, 0.05) is 13.6 Å². The average Bonchev–Trinajstić information content (AvgIpc) is 2.52. The monoisotopic (exact) mass is 274 g/mol. The van der Waals surface area contributed by atoms with Crippen molar-refractivity contribution in [2.45, 2.75) is 6.10 Å². The highest BCUT2D eigenvalue weighted by Crippen LogP contribution is 2.28. The van der Waals surface area contributed by atoms with Crippen molar-refractivity contribution in [1.29, 1.82) is 0 Å². The molecule has 20 heavy (non-hydrogen) atoms. The summed E-state index contributed by atoms with van der Waals surface area (Å²) in [5.41, 5.74) is 0.849. The molecule has 6 heteroatoms. The van der Waals surface area contributed by atoms with Crippen molar-refractivity contribution in [2.75, 3.05) is 31.3 Å². The zero-order valence-corrected chi connectivity index (χ0v) is 11.5. The number of hydrogen-bond acceptors (Lipinski definition) is 6. The van der Waals surface area contributed by atoms with Gasteiger partial charge in [0.15, 0.2) is 11.6 Å². The van der Waals surface area contributed by atoms with Crippen molar-refractivity contribution in [3.8, 4) is 5.75 Å². The van der Waals surface area contributed by atoms with Crippen LogP contribution in [0.25, 0.3) is 0 Å². The molecule has 1 aromatic carbocycles. The van der Waals surface area contributed by atoms with E-state index < -0.39 is 6.10 Å². The Labute approximate surface area is 117 Å². The number of nitrogens with one attached hydrogen (secondary N) is 2. The Hall–Kier alpha value is -2.34. The van der Waals surface area contributed by atoms with Gasteiger partial charge in [0.25, 0.3) is 0 Å². The minimum Gasteiger partial charge on any atom is -0.490 e. The molecule has 0 aliphatic rings. The minimum atomic E-state index is -0.617. The fraction of sp³-hybridized carbons (Fsp3) is 0.286. The Kier molecular flexibility index (Phi) is 4.73. The summed E-state index contributed by atoms with van der Waals surface area (Å²) in [4.78, 5) is 8.19. The fourth-order valence-corrected chi connectivity index (χ4v) is 1.86. The van der Waals surface area contributed by atoms with Gasteiger partial charge < -0.3 is 20.5 Å². The molecule has 0 aliphatic carbocycles. The van der Waals surface area contributed by atoms with Crippen LogP contribution in [0, 0.1) is 0 Å². The van der Waals surface area contributed by atoms with Crippen molar-refractivity contribution >= 4 is 11.6 Å². The largest absolute Gasteiger partial charge is 0.490 e. The molecule has 1 unspecified atom stereocenters. The first-order valence-electron chi connectivity index (χ1n) is 6.30. The van der Waals surface area contributed by atoms with E-state index >= 15 is 0 Å². The maximum Gasteiger partial charge on any atom is 0.204 e. The van der Waals surface area contributed by atoms with Gasteiger partial charge >= 0.3 is 0 Å². The van der Waals surface area contributed by atoms with Gasteiger partial charge in [0.05, 0.1) is 13.2 Å². The summed E-state index contributed by atoms with van der Waals surface area (Å²) in [5.74, 6) is 1.66. The first-order chi connectivity index (χ1) is 9.76. The van der Waals surface area contributed by atoms with Gasteiger partial charge in [-0.25, -0.2) is 9.97 Å². The van der Waals surface area contributed by atoms with Gasteiger partial charge in [-0.1, -0.05) is 30.3 Å². The predicted octanol–water partition coefficient (Wildman–Crippen LogP) is 1.67. The lowest BCUT2D eigenvalue weighted by Gasteiger charge is -2.15. The zero-order chi connectivity index (χ0) is 14.4. The molecule has 0 saturated heterocycles. The Morgan fingerprint density at radius 2 is 1.90 bits per heavy atom. The fourth-order valence-electron chi connectivity index (χ4n) is 1.86. The number of hydrogen-bond donors (Lipinski definition) is 3. The van der Waals surface area contributed by atoms with Gasteiger partial charge in [0.2, 0.25) is 5.75 Å². The molecule has 0 spiro atoms. The van der Waals surface area contributed by atoms with Crippen LogP contribution in [0.15, 0.2) is 36.7 Å². The molecule has 0 radical (unpaired) electrons. The zero-order valence-electron chi connectivity index (χ0n) is 11.5. The second kappa shape index (κ2) is 6.72. The first kappa shape index (κ1) is 14.1. The van der Waals surface area contributed by atoms with Crippen molar-refractivity contribution in [2.24, 2.45) is 0 Å². The molecule has 0 bridgehead atoms. The highest BCUT2D eigenvalue weighted by molar-refractivity contribution is 5.63. The van der Waals surface area contributed by atoms with Gasteiger partial charge in [-0.05, 0) is 5.56 Å². The molecule has 2 rings (SSSR count). The summed E-state index contributed by atoms with van der Waals surface area (Å²) in [6.07, 6.45) is 0.819. The van der Waals surface area contributed by atoms with Gasteiger partial charge in [-0.3, -0.25) is 0 Å². The van der Waals surface area contributed by atoms with E-state index in [0.717, 1.165) is 5.56 Å². The van der Waals surface area contributed by atoms with Crippen molar-refractivity contribution in [3.63, 3.8) is 0 Å². The lowest BCUT2D eigenvalue weighted by molar-refractivity contribution is 0.191. The molecule has 0 aliphatic heterocycles. The van der Waals surface area contributed by atoms with Gasteiger partial charge in [-0.2, -0.15) is 0 Å². The van der Waals surface area contributed by atoms with E-state index in [1.54, 1.807) is 14.2 Å². The normalized spacial score (nSPS) is 11.8. The van der Waals surface area contributed by atoms with Crippen molar-refractivity contribution in [1.82, 2.24) is 9.97 Å². The number of benzene rings is 1. The Morgan fingerprint density at radius 1 is 1.20 bits per heavy atom. The molecule has 3 N–H and O–H groups in total. The van der Waals surface area contributed by atoms with E-state index in [2.05, 4.69) is 20.6 Å². The average molecular weight is 274 g/mol. The number of ether oxygens (including phenoxy) is 1. The lowest BCUT2D eigenvalue weighted by Crippen LogP contribution is -2.14. The van der Waals surface area contributed by atoms with Crippen LogP contribution >= 0.6 is 0 Å². The molecule has 106 valence electrons. The van der Waals surface area contributed by atoms with Crippen LogP contribution in [0.3, 0.4) is 0 Å². The number of rotatable bonds is 6. The minimum absolute atomic E-state index is 0.334. The van der Waals surface area contributed by atoms with Crippen LogP contribution in [0.2, 0.25) is 0 Å². The van der Waals surface area contributed by atoms with Crippen LogP contribution in [-0.4, -0.2) is 35.8 Å². The lowest BCUT2D eigenvalue weighted by atomic mass is 10.1. The molecule has 1 atom stereocenters. The summed E-state index contributed by atoms with van der Waals surface area (Å²) in [6.45, 7) is 0.334. The number of aliphatic hydroxyl groups excluding tert-OH is 1. The third-order valence-electron chi connectivity index (χ3n) is 2.89. The molecule has 0 fully saturated rings. The van der Waals surface area contributed by atoms with Crippen LogP contribution in [-0.2, 0) is 0 Å². The number of methoxy groups -OCH3 is 1. The van der Waals surface area contributed by atoms with E-state index in [1.165, 1.54) is 6.33 Å². The molecule has 6 nitrogen and oxygen atoms in total. The predicted molar refractivity (Wildman–Crippen MR) is 78.0 cm³/mol. The number of aromatic nitrogens is 2. The maximum absolute atomic E-state index is 10.1. The Balaban J connectivity index is 2.07. The Morgan fingerprint density at radius 3 is 2.55 bits per heavy atom. The summed E-state index contributed by atoms with van der Waals surface area (Å²) in [5, 5.41) is 16.1. The van der Waals surface area contributed by atoms with E-state index in [4.69, 9.17) is 4.74 Å².